The lowest BCUT2D eigenvalue weighted by Gasteiger charge is -2.18. The summed E-state index contributed by atoms with van der Waals surface area (Å²) in [6.45, 7) is 3.56. The van der Waals surface area contributed by atoms with Crippen molar-refractivity contribution in [1.29, 1.82) is 0 Å². The van der Waals surface area contributed by atoms with Gasteiger partial charge in [0, 0.05) is 38.6 Å². The Labute approximate surface area is 101 Å². The van der Waals surface area contributed by atoms with E-state index >= 15 is 0 Å². The summed E-state index contributed by atoms with van der Waals surface area (Å²) in [5.74, 6) is 2.51. The maximum absolute atomic E-state index is 5.84. The van der Waals surface area contributed by atoms with E-state index in [9.17, 15) is 0 Å². The van der Waals surface area contributed by atoms with Crippen LogP contribution in [0.1, 0.15) is 36.1 Å². The van der Waals surface area contributed by atoms with E-state index in [1.807, 2.05) is 0 Å². The van der Waals surface area contributed by atoms with Gasteiger partial charge < -0.3 is 14.5 Å². The summed E-state index contributed by atoms with van der Waals surface area (Å²) in [4.78, 5) is 4.59. The number of halogens is 1. The number of hydrogen-bond acceptors (Lipinski definition) is 4. The molecule has 16 heavy (non-hydrogen) atoms. The summed E-state index contributed by atoms with van der Waals surface area (Å²) < 4.78 is 11.2. The van der Waals surface area contributed by atoms with Gasteiger partial charge in [0.1, 0.15) is 5.76 Å². The first-order valence-electron chi connectivity index (χ1n) is 5.70. The second kappa shape index (κ2) is 5.17. The largest absolute Gasteiger partial charge is 0.445 e. The quantitative estimate of drug-likeness (QED) is 0.816. The van der Waals surface area contributed by atoms with Gasteiger partial charge in [0.2, 0.25) is 0 Å². The van der Waals surface area contributed by atoms with Crippen molar-refractivity contribution in [2.45, 2.75) is 31.7 Å². The van der Waals surface area contributed by atoms with E-state index in [1.165, 1.54) is 0 Å². The van der Waals surface area contributed by atoms with Crippen molar-refractivity contribution < 1.29 is 9.15 Å². The van der Waals surface area contributed by atoms with Gasteiger partial charge in [-0.2, -0.15) is 0 Å². The molecular weight excluding hydrogens is 228 g/mol. The minimum Gasteiger partial charge on any atom is -0.445 e. The molecule has 2 aliphatic rings. The molecule has 1 aromatic heterocycles. The van der Waals surface area contributed by atoms with Gasteiger partial charge >= 0.3 is 0 Å². The number of aromatic nitrogens is 1. The Morgan fingerprint density at radius 3 is 2.81 bits per heavy atom. The Bertz CT molecular complexity index is 324. The second-order valence-electron chi connectivity index (χ2n) is 4.24. The van der Waals surface area contributed by atoms with Crippen LogP contribution in [0, 0.1) is 0 Å². The van der Waals surface area contributed by atoms with Crippen LogP contribution < -0.4 is 5.32 Å². The summed E-state index contributed by atoms with van der Waals surface area (Å²) in [7, 11) is 0. The lowest BCUT2D eigenvalue weighted by atomic mass is 10.0. The molecule has 0 amide bonds. The molecular formula is C11H17ClN2O2. The average Bonchev–Trinajstić information content (AvgIpc) is 2.74. The van der Waals surface area contributed by atoms with Crippen molar-refractivity contribution in [3.63, 3.8) is 0 Å². The first-order chi connectivity index (χ1) is 7.43. The molecule has 0 bridgehead atoms. The third-order valence-electron chi connectivity index (χ3n) is 3.19. The zero-order valence-electron chi connectivity index (χ0n) is 9.20. The molecule has 5 heteroatoms. The van der Waals surface area contributed by atoms with Crippen LogP contribution >= 0.6 is 12.4 Å². The smallest absolute Gasteiger partial charge is 0.197 e. The number of hydrogen-bond donors (Lipinski definition) is 1. The van der Waals surface area contributed by atoms with Gasteiger partial charge in [-0.3, -0.25) is 0 Å². The molecule has 0 unspecified atom stereocenters. The Hall–Kier alpha value is -0.580. The topological polar surface area (TPSA) is 47.3 Å². The van der Waals surface area contributed by atoms with E-state index in [0.29, 0.717) is 5.92 Å². The molecule has 4 nitrogen and oxygen atoms in total. The maximum Gasteiger partial charge on any atom is 0.197 e. The van der Waals surface area contributed by atoms with Crippen molar-refractivity contribution in [2.24, 2.45) is 0 Å². The molecule has 0 aromatic carbocycles. The second-order valence-corrected chi connectivity index (χ2v) is 4.24. The van der Waals surface area contributed by atoms with Crippen molar-refractivity contribution in [3.05, 3.63) is 17.3 Å². The fourth-order valence-corrected chi connectivity index (χ4v) is 2.26. The molecule has 1 fully saturated rings. The lowest BCUT2D eigenvalue weighted by molar-refractivity contribution is 0.0791. The summed E-state index contributed by atoms with van der Waals surface area (Å²) in [5.41, 5.74) is 1.11. The Balaban J connectivity index is 0.000000963. The summed E-state index contributed by atoms with van der Waals surface area (Å²) in [6.07, 6.45) is 3.07. The Morgan fingerprint density at radius 2 is 2.06 bits per heavy atom. The molecule has 0 spiro atoms. The van der Waals surface area contributed by atoms with Crippen LogP contribution in [-0.2, 0) is 17.7 Å². The fraction of sp³-hybridized carbons (Fsp3) is 0.727. The van der Waals surface area contributed by atoms with E-state index in [0.717, 1.165) is 62.9 Å². The van der Waals surface area contributed by atoms with Gasteiger partial charge in [0.05, 0.1) is 5.69 Å². The number of rotatable bonds is 1. The lowest BCUT2D eigenvalue weighted by Crippen LogP contribution is -2.22. The molecule has 90 valence electrons. The van der Waals surface area contributed by atoms with Crippen LogP contribution in [0.25, 0.3) is 0 Å². The maximum atomic E-state index is 5.84. The SMILES string of the molecule is C1Cc2oc(C3CCOCC3)nc2CN1.Cl. The van der Waals surface area contributed by atoms with Gasteiger partial charge in [-0.05, 0) is 12.8 Å². The highest BCUT2D eigenvalue weighted by Crippen LogP contribution is 2.28. The molecule has 0 saturated carbocycles. The predicted molar refractivity (Wildman–Crippen MR) is 62.0 cm³/mol. The van der Waals surface area contributed by atoms with E-state index < -0.39 is 0 Å². The number of nitrogens with one attached hydrogen (secondary N) is 1. The van der Waals surface area contributed by atoms with Gasteiger partial charge in [-0.1, -0.05) is 0 Å². The third kappa shape index (κ3) is 2.24. The number of oxazole rings is 1. The highest BCUT2D eigenvalue weighted by Gasteiger charge is 2.24. The van der Waals surface area contributed by atoms with Gasteiger partial charge in [0.15, 0.2) is 5.89 Å². The third-order valence-corrected chi connectivity index (χ3v) is 3.19. The minimum atomic E-state index is 0. The average molecular weight is 245 g/mol. The van der Waals surface area contributed by atoms with Crippen molar-refractivity contribution >= 4 is 12.4 Å². The molecule has 3 rings (SSSR count). The Kier molecular flexibility index (Phi) is 3.84. The molecule has 0 atom stereocenters. The monoisotopic (exact) mass is 244 g/mol. The zero-order valence-corrected chi connectivity index (χ0v) is 10.0. The molecule has 1 N–H and O–H groups in total. The number of fused-ring (bicyclic) bond motifs is 1. The fourth-order valence-electron chi connectivity index (χ4n) is 2.26. The van der Waals surface area contributed by atoms with Crippen LogP contribution in [0.2, 0.25) is 0 Å². The summed E-state index contributed by atoms with van der Waals surface area (Å²) in [6, 6.07) is 0. The predicted octanol–water partition coefficient (Wildman–Crippen LogP) is 1.64. The van der Waals surface area contributed by atoms with Crippen LogP contribution in [0.15, 0.2) is 4.42 Å². The molecule has 0 radical (unpaired) electrons. The summed E-state index contributed by atoms with van der Waals surface area (Å²) in [5, 5.41) is 3.31. The first kappa shape index (κ1) is 11.9. The highest BCUT2D eigenvalue weighted by molar-refractivity contribution is 5.85. The van der Waals surface area contributed by atoms with Crippen molar-refractivity contribution in [1.82, 2.24) is 10.3 Å². The molecule has 1 aromatic rings. The molecule has 2 aliphatic heterocycles. The summed E-state index contributed by atoms with van der Waals surface area (Å²) >= 11 is 0. The molecule has 3 heterocycles. The number of ether oxygens (including phenoxy) is 1. The van der Waals surface area contributed by atoms with E-state index in [2.05, 4.69) is 10.3 Å². The van der Waals surface area contributed by atoms with Crippen LogP contribution in [0.3, 0.4) is 0 Å². The number of nitrogens with zero attached hydrogens (tertiary/aromatic N) is 1. The van der Waals surface area contributed by atoms with Crippen molar-refractivity contribution in [3.8, 4) is 0 Å². The van der Waals surface area contributed by atoms with E-state index in [1.54, 1.807) is 0 Å². The van der Waals surface area contributed by atoms with Crippen molar-refractivity contribution in [2.75, 3.05) is 19.8 Å². The van der Waals surface area contributed by atoms with Gasteiger partial charge in [0.25, 0.3) is 0 Å². The van der Waals surface area contributed by atoms with Crippen LogP contribution in [0.4, 0.5) is 0 Å². The van der Waals surface area contributed by atoms with Gasteiger partial charge in [-0.15, -0.1) is 12.4 Å². The van der Waals surface area contributed by atoms with Crippen LogP contribution in [0.5, 0.6) is 0 Å². The zero-order chi connectivity index (χ0) is 10.1. The normalized spacial score (nSPS) is 21.2. The van der Waals surface area contributed by atoms with Gasteiger partial charge in [-0.25, -0.2) is 4.98 Å². The van der Waals surface area contributed by atoms with Crippen LogP contribution in [-0.4, -0.2) is 24.7 Å². The minimum absolute atomic E-state index is 0. The first-order valence-corrected chi connectivity index (χ1v) is 5.70. The standard InChI is InChI=1S/C11H16N2O2.ClH/c1-4-12-7-9-10(1)15-11(13-9)8-2-5-14-6-3-8;/h8,12H,1-7H2;1H. The van der Waals surface area contributed by atoms with E-state index in [4.69, 9.17) is 9.15 Å². The molecule has 1 saturated heterocycles. The Morgan fingerprint density at radius 1 is 1.25 bits per heavy atom. The highest BCUT2D eigenvalue weighted by atomic mass is 35.5. The van der Waals surface area contributed by atoms with E-state index in [-0.39, 0.29) is 12.4 Å². The molecule has 0 aliphatic carbocycles.